The summed E-state index contributed by atoms with van der Waals surface area (Å²) >= 11 is 5.91. The van der Waals surface area contributed by atoms with Gasteiger partial charge in [0.15, 0.2) is 0 Å². The first kappa shape index (κ1) is 21.5. The van der Waals surface area contributed by atoms with Crippen molar-refractivity contribution in [1.82, 2.24) is 10.2 Å². The predicted octanol–water partition coefficient (Wildman–Crippen LogP) is 3.26. The van der Waals surface area contributed by atoms with Gasteiger partial charge in [0.1, 0.15) is 6.04 Å². The average Bonchev–Trinajstić information content (AvgIpc) is 2.59. The molecule has 0 aromatic heterocycles. The van der Waals surface area contributed by atoms with Crippen LogP contribution in [-0.2, 0) is 20.9 Å². The number of nitrogens with zero attached hydrogens (tertiary/aromatic N) is 1. The summed E-state index contributed by atoms with van der Waals surface area (Å²) in [6.07, 6.45) is 0.752. The Labute approximate surface area is 155 Å². The lowest BCUT2D eigenvalue weighted by atomic mass is 10.1. The highest BCUT2D eigenvalue weighted by molar-refractivity contribution is 6.30. The summed E-state index contributed by atoms with van der Waals surface area (Å²) in [5.74, 6) is -0.383. The summed E-state index contributed by atoms with van der Waals surface area (Å²) in [5, 5.41) is 3.52. The van der Waals surface area contributed by atoms with E-state index in [0.717, 1.165) is 12.0 Å². The molecule has 0 heterocycles. The molecule has 0 aliphatic rings. The molecule has 0 unspecified atom stereocenters. The average molecular weight is 369 g/mol. The van der Waals surface area contributed by atoms with Crippen LogP contribution < -0.4 is 5.32 Å². The Morgan fingerprint density at radius 2 is 1.84 bits per heavy atom. The molecule has 2 amide bonds. The molecule has 0 radical (unpaired) electrons. The molecule has 0 spiro atoms. The zero-order valence-electron chi connectivity index (χ0n) is 15.5. The molecule has 6 heteroatoms. The molecule has 1 N–H and O–H groups in total. The van der Waals surface area contributed by atoms with Gasteiger partial charge in [-0.05, 0) is 38.0 Å². The summed E-state index contributed by atoms with van der Waals surface area (Å²) in [7, 11) is 0. The van der Waals surface area contributed by atoms with Crippen LogP contribution in [-0.4, -0.2) is 42.5 Å². The summed E-state index contributed by atoms with van der Waals surface area (Å²) in [5.41, 5.74) is 0.939. The molecule has 0 fully saturated rings. The first-order valence-electron chi connectivity index (χ1n) is 8.77. The van der Waals surface area contributed by atoms with Crippen molar-refractivity contribution in [3.63, 3.8) is 0 Å². The number of carbonyl (C=O) groups is 2. The van der Waals surface area contributed by atoms with Crippen molar-refractivity contribution in [2.45, 2.75) is 46.7 Å². The number of ether oxygens (including phenoxy) is 1. The molecule has 1 atom stereocenters. The van der Waals surface area contributed by atoms with Gasteiger partial charge >= 0.3 is 0 Å². The lowest BCUT2D eigenvalue weighted by Gasteiger charge is -2.30. The largest absolute Gasteiger partial charge is 0.382 e. The van der Waals surface area contributed by atoms with E-state index < -0.39 is 6.04 Å². The quantitative estimate of drug-likeness (QED) is 0.645. The van der Waals surface area contributed by atoms with Crippen LogP contribution in [0.15, 0.2) is 24.3 Å². The molecule has 25 heavy (non-hydrogen) atoms. The second-order valence-corrected chi connectivity index (χ2v) is 6.70. The maximum Gasteiger partial charge on any atom is 0.242 e. The fourth-order valence-corrected chi connectivity index (χ4v) is 2.47. The summed E-state index contributed by atoms with van der Waals surface area (Å²) < 4.78 is 5.25. The van der Waals surface area contributed by atoms with Crippen LogP contribution in [0.3, 0.4) is 0 Å². The lowest BCUT2D eigenvalue weighted by Crippen LogP contribution is -2.49. The van der Waals surface area contributed by atoms with Crippen molar-refractivity contribution < 1.29 is 14.3 Å². The maximum absolute atomic E-state index is 12.6. The van der Waals surface area contributed by atoms with E-state index in [-0.39, 0.29) is 17.7 Å². The van der Waals surface area contributed by atoms with E-state index in [1.54, 1.807) is 24.0 Å². The zero-order chi connectivity index (χ0) is 18.8. The van der Waals surface area contributed by atoms with E-state index in [9.17, 15) is 9.59 Å². The standard InChI is InChI=1S/C19H29ClN2O3/c1-5-25-12-6-11-21-18(23)15(4)22(19(24)14(2)3)13-16-7-9-17(20)10-8-16/h7-10,14-15H,5-6,11-13H2,1-4H3,(H,21,23)/t15-/m0/s1. The number of rotatable bonds is 10. The second-order valence-electron chi connectivity index (χ2n) is 6.26. The van der Waals surface area contributed by atoms with Crippen molar-refractivity contribution in [3.8, 4) is 0 Å². The molecular weight excluding hydrogens is 340 g/mol. The van der Waals surface area contributed by atoms with Crippen LogP contribution in [0.25, 0.3) is 0 Å². The van der Waals surface area contributed by atoms with Gasteiger partial charge in [-0.1, -0.05) is 37.6 Å². The highest BCUT2D eigenvalue weighted by Crippen LogP contribution is 2.15. The highest BCUT2D eigenvalue weighted by Gasteiger charge is 2.27. The molecule has 0 aliphatic carbocycles. The van der Waals surface area contributed by atoms with Crippen LogP contribution in [0.1, 0.15) is 39.7 Å². The van der Waals surface area contributed by atoms with Gasteiger partial charge in [0, 0.05) is 37.2 Å². The molecule has 1 aromatic rings. The zero-order valence-corrected chi connectivity index (χ0v) is 16.3. The Morgan fingerprint density at radius 1 is 1.20 bits per heavy atom. The number of hydrogen-bond donors (Lipinski definition) is 1. The SMILES string of the molecule is CCOCCCNC(=O)[C@H](C)N(Cc1ccc(Cl)cc1)C(=O)C(C)C. The smallest absolute Gasteiger partial charge is 0.242 e. The molecule has 5 nitrogen and oxygen atoms in total. The molecule has 0 saturated heterocycles. The van der Waals surface area contributed by atoms with Crippen LogP contribution in [0.4, 0.5) is 0 Å². The van der Waals surface area contributed by atoms with E-state index in [4.69, 9.17) is 16.3 Å². The van der Waals surface area contributed by atoms with Gasteiger partial charge in [-0.15, -0.1) is 0 Å². The number of halogens is 1. The highest BCUT2D eigenvalue weighted by atomic mass is 35.5. The van der Waals surface area contributed by atoms with E-state index in [1.165, 1.54) is 0 Å². The Balaban J connectivity index is 2.72. The maximum atomic E-state index is 12.6. The lowest BCUT2D eigenvalue weighted by molar-refractivity contribution is -0.143. The monoisotopic (exact) mass is 368 g/mol. The third-order valence-electron chi connectivity index (χ3n) is 3.86. The number of benzene rings is 1. The molecule has 1 rings (SSSR count). The van der Waals surface area contributed by atoms with E-state index in [1.807, 2.05) is 32.9 Å². The minimum absolute atomic E-state index is 0.0492. The second kappa shape index (κ2) is 11.1. The fraction of sp³-hybridized carbons (Fsp3) is 0.579. The molecule has 140 valence electrons. The first-order valence-corrected chi connectivity index (χ1v) is 9.15. The predicted molar refractivity (Wildman–Crippen MR) is 100 cm³/mol. The van der Waals surface area contributed by atoms with Gasteiger partial charge in [0.05, 0.1) is 0 Å². The molecule has 0 saturated carbocycles. The minimum atomic E-state index is -0.544. The Morgan fingerprint density at radius 3 is 2.40 bits per heavy atom. The Hall–Kier alpha value is -1.59. The van der Waals surface area contributed by atoms with Crippen molar-refractivity contribution >= 4 is 23.4 Å². The van der Waals surface area contributed by atoms with Crippen LogP contribution in [0.2, 0.25) is 5.02 Å². The van der Waals surface area contributed by atoms with Crippen LogP contribution >= 0.6 is 11.6 Å². The van der Waals surface area contributed by atoms with E-state index in [0.29, 0.717) is 31.3 Å². The van der Waals surface area contributed by atoms with Gasteiger partial charge in [-0.25, -0.2) is 0 Å². The topological polar surface area (TPSA) is 58.6 Å². The normalized spacial score (nSPS) is 12.1. The number of hydrogen-bond acceptors (Lipinski definition) is 3. The molecular formula is C19H29ClN2O3. The van der Waals surface area contributed by atoms with Gasteiger partial charge in [-0.2, -0.15) is 0 Å². The van der Waals surface area contributed by atoms with Crippen LogP contribution in [0, 0.1) is 5.92 Å². The Kier molecular flexibility index (Phi) is 9.53. The fourth-order valence-electron chi connectivity index (χ4n) is 2.34. The third kappa shape index (κ3) is 7.45. The van der Waals surface area contributed by atoms with Gasteiger partial charge in [-0.3, -0.25) is 9.59 Å². The number of nitrogens with one attached hydrogen (secondary N) is 1. The van der Waals surface area contributed by atoms with Crippen molar-refractivity contribution in [1.29, 1.82) is 0 Å². The van der Waals surface area contributed by atoms with Crippen molar-refractivity contribution in [2.75, 3.05) is 19.8 Å². The summed E-state index contributed by atoms with van der Waals surface area (Å²) in [6, 6.07) is 6.77. The summed E-state index contributed by atoms with van der Waals surface area (Å²) in [4.78, 5) is 26.6. The number of carbonyl (C=O) groups excluding carboxylic acids is 2. The van der Waals surface area contributed by atoms with Crippen LogP contribution in [0.5, 0.6) is 0 Å². The van der Waals surface area contributed by atoms with E-state index in [2.05, 4.69) is 5.32 Å². The van der Waals surface area contributed by atoms with Crippen molar-refractivity contribution in [3.05, 3.63) is 34.9 Å². The van der Waals surface area contributed by atoms with E-state index >= 15 is 0 Å². The summed E-state index contributed by atoms with van der Waals surface area (Å²) in [6.45, 7) is 9.57. The molecule has 0 aliphatic heterocycles. The minimum Gasteiger partial charge on any atom is -0.382 e. The third-order valence-corrected chi connectivity index (χ3v) is 4.11. The molecule has 1 aromatic carbocycles. The Bertz CT molecular complexity index is 546. The first-order chi connectivity index (χ1) is 11.9. The van der Waals surface area contributed by atoms with Gasteiger partial charge < -0.3 is 15.0 Å². The number of amides is 2. The van der Waals surface area contributed by atoms with Gasteiger partial charge in [0.25, 0.3) is 0 Å². The van der Waals surface area contributed by atoms with Gasteiger partial charge in [0.2, 0.25) is 11.8 Å². The molecule has 0 bridgehead atoms. The van der Waals surface area contributed by atoms with Crippen molar-refractivity contribution in [2.24, 2.45) is 5.92 Å².